The molecule has 0 N–H and O–H groups in total. The molecular weight excluding hydrogens is 607 g/mol. The van der Waals surface area contributed by atoms with E-state index in [0.717, 1.165) is 33.2 Å². The average molecular weight is 644 g/mol. The van der Waals surface area contributed by atoms with Crippen LogP contribution < -0.4 is 4.90 Å². The van der Waals surface area contributed by atoms with Crippen LogP contribution in [0, 0.1) is 0 Å². The van der Waals surface area contributed by atoms with E-state index >= 15 is 0 Å². The van der Waals surface area contributed by atoms with E-state index in [1.54, 1.807) is 0 Å². The summed E-state index contributed by atoms with van der Waals surface area (Å²) in [5, 5.41) is 2.29. The molecule has 0 bridgehead atoms. The van der Waals surface area contributed by atoms with E-state index in [0.29, 0.717) is 0 Å². The van der Waals surface area contributed by atoms with Crippen molar-refractivity contribution in [1.29, 1.82) is 0 Å². The number of benzene rings is 7. The Bertz CT molecular complexity index is 2560. The number of anilines is 3. The summed E-state index contributed by atoms with van der Waals surface area (Å²) in [6.45, 7) is 9.45. The zero-order valence-corrected chi connectivity index (χ0v) is 28.8. The second-order valence-electron chi connectivity index (χ2n) is 14.9. The van der Waals surface area contributed by atoms with Crippen LogP contribution in [-0.2, 0) is 10.8 Å². The van der Waals surface area contributed by atoms with Crippen molar-refractivity contribution in [3.63, 3.8) is 0 Å². The summed E-state index contributed by atoms with van der Waals surface area (Å²) in [7, 11) is 0. The van der Waals surface area contributed by atoms with Gasteiger partial charge in [0.15, 0.2) is 0 Å². The van der Waals surface area contributed by atoms with Crippen LogP contribution in [0.3, 0.4) is 0 Å². The van der Waals surface area contributed by atoms with Gasteiger partial charge in [0, 0.05) is 38.4 Å². The van der Waals surface area contributed by atoms with Gasteiger partial charge in [-0.1, -0.05) is 143 Å². The van der Waals surface area contributed by atoms with Gasteiger partial charge < -0.3 is 9.32 Å². The minimum atomic E-state index is -0.110. The molecule has 0 unspecified atom stereocenters. The quantitative estimate of drug-likeness (QED) is 0.190. The topological polar surface area (TPSA) is 16.4 Å². The smallest absolute Gasteiger partial charge is 0.136 e. The number of hydrogen-bond donors (Lipinski definition) is 0. The number of nitrogens with zero attached hydrogens (tertiary/aromatic N) is 1. The second-order valence-corrected chi connectivity index (χ2v) is 14.9. The number of hydrogen-bond acceptors (Lipinski definition) is 2. The minimum absolute atomic E-state index is 0.110. The zero-order valence-electron chi connectivity index (χ0n) is 28.8. The molecule has 0 atom stereocenters. The maximum absolute atomic E-state index is 6.33. The Morgan fingerprint density at radius 3 is 1.60 bits per heavy atom. The van der Waals surface area contributed by atoms with Crippen molar-refractivity contribution in [2.24, 2.45) is 0 Å². The Morgan fingerprint density at radius 1 is 0.440 bits per heavy atom. The molecule has 0 amide bonds. The fourth-order valence-corrected chi connectivity index (χ4v) is 9.08. The molecule has 8 aromatic rings. The Labute approximate surface area is 293 Å². The first kappa shape index (κ1) is 29.1. The summed E-state index contributed by atoms with van der Waals surface area (Å²) in [6, 6.07) is 55.6. The van der Waals surface area contributed by atoms with Gasteiger partial charge >= 0.3 is 0 Å². The van der Waals surface area contributed by atoms with E-state index in [1.165, 1.54) is 61.4 Å². The largest absolute Gasteiger partial charge is 0.456 e. The normalized spacial score (nSPS) is 14.7. The molecule has 0 fully saturated rings. The molecule has 0 saturated carbocycles. The van der Waals surface area contributed by atoms with Gasteiger partial charge in [0.05, 0.1) is 11.4 Å². The van der Waals surface area contributed by atoms with Crippen LogP contribution in [-0.4, -0.2) is 0 Å². The summed E-state index contributed by atoms with van der Waals surface area (Å²) in [4.78, 5) is 2.53. The molecule has 10 rings (SSSR count). The van der Waals surface area contributed by atoms with Crippen molar-refractivity contribution in [3.8, 4) is 33.4 Å². The van der Waals surface area contributed by atoms with E-state index in [1.807, 2.05) is 6.07 Å². The molecule has 0 saturated heterocycles. The SMILES string of the molecule is CC1(C)c2ccccc2-c2c(N(c3cccc(-c4cccc5oc6ccccc6c45)c3)c3cccc4c3-c3ccccc3C4(C)C)cccc21. The Hall–Kier alpha value is -5.86. The van der Waals surface area contributed by atoms with Crippen molar-refractivity contribution in [1.82, 2.24) is 0 Å². The van der Waals surface area contributed by atoms with Crippen molar-refractivity contribution in [3.05, 3.63) is 174 Å². The first-order chi connectivity index (χ1) is 24.3. The maximum Gasteiger partial charge on any atom is 0.136 e. The number of rotatable bonds is 4. The van der Waals surface area contributed by atoms with Gasteiger partial charge in [-0.15, -0.1) is 0 Å². The first-order valence-corrected chi connectivity index (χ1v) is 17.6. The van der Waals surface area contributed by atoms with Gasteiger partial charge in [0.25, 0.3) is 0 Å². The lowest BCUT2D eigenvalue weighted by atomic mass is 9.82. The molecule has 0 aliphatic heterocycles. The van der Waals surface area contributed by atoms with Crippen molar-refractivity contribution in [2.75, 3.05) is 4.90 Å². The molecule has 7 aromatic carbocycles. The van der Waals surface area contributed by atoms with Gasteiger partial charge in [-0.05, 0) is 80.9 Å². The Kier molecular flexibility index (Phi) is 6.01. The van der Waals surface area contributed by atoms with E-state index in [9.17, 15) is 0 Å². The van der Waals surface area contributed by atoms with E-state index in [4.69, 9.17) is 4.42 Å². The van der Waals surface area contributed by atoms with Gasteiger partial charge in [-0.25, -0.2) is 0 Å². The standard InChI is InChI=1S/C48H37NO/c1-47(2)36-21-8-5-17-33(36)45-38(47)23-13-25-40(45)49(41-26-14-24-39-46(41)34-18-6-9-22-37(34)48(39,3)4)31-16-11-15-30(29-31)32-20-12-28-43-44(32)35-19-7-10-27-42(35)50-43/h5-29H,1-4H3. The van der Waals surface area contributed by atoms with Gasteiger partial charge in [0.2, 0.25) is 0 Å². The molecule has 0 radical (unpaired) electrons. The molecule has 2 nitrogen and oxygen atoms in total. The van der Waals surface area contributed by atoms with E-state index in [2.05, 4.69) is 178 Å². The fraction of sp³-hybridized carbons (Fsp3) is 0.125. The maximum atomic E-state index is 6.33. The summed E-state index contributed by atoms with van der Waals surface area (Å²) in [5.41, 5.74) is 18.2. The molecule has 2 aliphatic carbocycles. The third-order valence-electron chi connectivity index (χ3n) is 11.5. The summed E-state index contributed by atoms with van der Waals surface area (Å²) in [6.07, 6.45) is 0. The fourth-order valence-electron chi connectivity index (χ4n) is 9.08. The van der Waals surface area contributed by atoms with Crippen LogP contribution >= 0.6 is 0 Å². The molecule has 0 spiro atoms. The van der Waals surface area contributed by atoms with Crippen LogP contribution in [0.15, 0.2) is 156 Å². The predicted octanol–water partition coefficient (Wildman–Crippen LogP) is 13.3. The monoisotopic (exact) mass is 643 g/mol. The van der Waals surface area contributed by atoms with Gasteiger partial charge in [0.1, 0.15) is 11.2 Å². The first-order valence-electron chi connectivity index (χ1n) is 17.6. The third kappa shape index (κ3) is 3.91. The molecule has 240 valence electrons. The molecule has 1 aromatic heterocycles. The minimum Gasteiger partial charge on any atom is -0.456 e. The highest BCUT2D eigenvalue weighted by molar-refractivity contribution is 6.12. The number of furan rings is 1. The average Bonchev–Trinajstić information content (AvgIpc) is 3.73. The Morgan fingerprint density at radius 2 is 0.940 bits per heavy atom. The van der Waals surface area contributed by atoms with Crippen LogP contribution in [0.4, 0.5) is 17.1 Å². The highest BCUT2D eigenvalue weighted by atomic mass is 16.3. The summed E-state index contributed by atoms with van der Waals surface area (Å²) < 4.78 is 6.33. The van der Waals surface area contributed by atoms with Crippen LogP contribution in [0.1, 0.15) is 49.9 Å². The third-order valence-corrected chi connectivity index (χ3v) is 11.5. The lowest BCUT2D eigenvalue weighted by Crippen LogP contribution is -2.17. The molecular formula is C48H37NO. The highest BCUT2D eigenvalue weighted by Gasteiger charge is 2.40. The van der Waals surface area contributed by atoms with Crippen LogP contribution in [0.2, 0.25) is 0 Å². The van der Waals surface area contributed by atoms with Gasteiger partial charge in [-0.2, -0.15) is 0 Å². The van der Waals surface area contributed by atoms with Crippen LogP contribution in [0.5, 0.6) is 0 Å². The second kappa shape index (κ2) is 10.3. The van der Waals surface area contributed by atoms with Crippen molar-refractivity contribution < 1.29 is 4.42 Å². The molecule has 2 aliphatic rings. The lowest BCUT2D eigenvalue weighted by Gasteiger charge is -2.31. The van der Waals surface area contributed by atoms with Crippen LogP contribution in [0.25, 0.3) is 55.3 Å². The lowest BCUT2D eigenvalue weighted by molar-refractivity contribution is 0.660. The van der Waals surface area contributed by atoms with Crippen molar-refractivity contribution in [2.45, 2.75) is 38.5 Å². The van der Waals surface area contributed by atoms with Crippen molar-refractivity contribution >= 4 is 39.0 Å². The zero-order chi connectivity index (χ0) is 33.8. The highest BCUT2D eigenvalue weighted by Crippen LogP contribution is 2.58. The number of fused-ring (bicyclic) bond motifs is 9. The van der Waals surface area contributed by atoms with Gasteiger partial charge in [-0.3, -0.25) is 0 Å². The molecule has 2 heteroatoms. The predicted molar refractivity (Wildman–Crippen MR) is 209 cm³/mol. The Balaban J connectivity index is 1.28. The van der Waals surface area contributed by atoms with E-state index in [-0.39, 0.29) is 10.8 Å². The summed E-state index contributed by atoms with van der Waals surface area (Å²) in [5.74, 6) is 0. The summed E-state index contributed by atoms with van der Waals surface area (Å²) >= 11 is 0. The van der Waals surface area contributed by atoms with E-state index < -0.39 is 0 Å². The molecule has 1 heterocycles. The molecule has 50 heavy (non-hydrogen) atoms. The number of para-hydroxylation sites is 1.